The number of benzene rings is 1. The fourth-order valence-corrected chi connectivity index (χ4v) is 3.09. The highest BCUT2D eigenvalue weighted by Crippen LogP contribution is 2.20. The van der Waals surface area contributed by atoms with E-state index in [9.17, 15) is 8.42 Å². The van der Waals surface area contributed by atoms with E-state index in [1.54, 1.807) is 37.6 Å². The second-order valence-electron chi connectivity index (χ2n) is 4.25. The van der Waals surface area contributed by atoms with Gasteiger partial charge in [-0.25, -0.2) is 18.1 Å². The summed E-state index contributed by atoms with van der Waals surface area (Å²) in [4.78, 5) is 7.22. The molecule has 1 aromatic carbocycles. The molecule has 6 nitrogen and oxygen atoms in total. The van der Waals surface area contributed by atoms with Crippen LogP contribution in [0.4, 0.5) is 5.69 Å². The van der Waals surface area contributed by atoms with Crippen molar-refractivity contribution in [1.29, 1.82) is 0 Å². The average molecular weight is 294 g/mol. The quantitative estimate of drug-likeness (QED) is 0.719. The summed E-state index contributed by atoms with van der Waals surface area (Å²) in [6, 6.07) is 6.88. The standard InChI is InChI=1S/C13H18N4O2S/c1-2-17-20(18,19)13-6-4-3-5-12(13)15-8-7-11-9-14-10-16-11/h3-6,9-10,15,17H,2,7-8H2,1H3,(H,14,16). The molecule has 1 heterocycles. The summed E-state index contributed by atoms with van der Waals surface area (Å²) in [5, 5.41) is 3.15. The van der Waals surface area contributed by atoms with Gasteiger partial charge in [0.1, 0.15) is 4.90 Å². The first-order valence-electron chi connectivity index (χ1n) is 6.43. The monoisotopic (exact) mass is 294 g/mol. The van der Waals surface area contributed by atoms with Crippen LogP contribution >= 0.6 is 0 Å². The summed E-state index contributed by atoms with van der Waals surface area (Å²) in [5.41, 5.74) is 1.61. The van der Waals surface area contributed by atoms with Gasteiger partial charge >= 0.3 is 0 Å². The van der Waals surface area contributed by atoms with Crippen LogP contribution in [0.5, 0.6) is 0 Å². The second kappa shape index (κ2) is 6.53. The van der Waals surface area contributed by atoms with Gasteiger partial charge in [0.25, 0.3) is 0 Å². The lowest BCUT2D eigenvalue weighted by Crippen LogP contribution is -2.24. The first-order valence-corrected chi connectivity index (χ1v) is 7.91. The molecule has 0 fully saturated rings. The van der Waals surface area contributed by atoms with Gasteiger partial charge < -0.3 is 10.3 Å². The average Bonchev–Trinajstić information content (AvgIpc) is 2.92. The fourth-order valence-electron chi connectivity index (χ4n) is 1.87. The number of nitrogens with zero attached hydrogens (tertiary/aromatic N) is 1. The molecule has 7 heteroatoms. The number of para-hydroxylation sites is 1. The van der Waals surface area contributed by atoms with Crippen molar-refractivity contribution in [3.05, 3.63) is 42.5 Å². The second-order valence-corrected chi connectivity index (χ2v) is 5.99. The maximum Gasteiger partial charge on any atom is 0.242 e. The van der Waals surface area contributed by atoms with Gasteiger partial charge in [-0.05, 0) is 12.1 Å². The minimum Gasteiger partial charge on any atom is -0.384 e. The van der Waals surface area contributed by atoms with Crippen LogP contribution in [-0.2, 0) is 16.4 Å². The molecular weight excluding hydrogens is 276 g/mol. The van der Waals surface area contributed by atoms with Crippen LogP contribution in [0.15, 0.2) is 41.7 Å². The molecule has 0 saturated heterocycles. The van der Waals surface area contributed by atoms with Gasteiger partial charge in [0.2, 0.25) is 10.0 Å². The van der Waals surface area contributed by atoms with E-state index in [4.69, 9.17) is 0 Å². The van der Waals surface area contributed by atoms with Crippen LogP contribution in [0.2, 0.25) is 0 Å². The third-order valence-electron chi connectivity index (χ3n) is 2.78. The first-order chi connectivity index (χ1) is 9.63. The van der Waals surface area contributed by atoms with Gasteiger partial charge in [0, 0.05) is 31.4 Å². The Balaban J connectivity index is 2.08. The Labute approximate surface area is 118 Å². The van der Waals surface area contributed by atoms with Crippen LogP contribution in [0, 0.1) is 0 Å². The van der Waals surface area contributed by atoms with Crippen molar-refractivity contribution in [2.24, 2.45) is 0 Å². The fraction of sp³-hybridized carbons (Fsp3) is 0.308. The van der Waals surface area contributed by atoms with Crippen LogP contribution in [-0.4, -0.2) is 31.5 Å². The van der Waals surface area contributed by atoms with Crippen molar-refractivity contribution in [2.75, 3.05) is 18.4 Å². The lowest BCUT2D eigenvalue weighted by Gasteiger charge is -2.12. The third-order valence-corrected chi connectivity index (χ3v) is 4.38. The topological polar surface area (TPSA) is 86.9 Å². The molecule has 0 aliphatic rings. The molecule has 0 bridgehead atoms. The highest BCUT2D eigenvalue weighted by Gasteiger charge is 2.16. The van der Waals surface area contributed by atoms with E-state index in [1.165, 1.54) is 0 Å². The Hall–Kier alpha value is -1.86. The molecule has 2 rings (SSSR count). The summed E-state index contributed by atoms with van der Waals surface area (Å²) >= 11 is 0. The molecule has 0 amide bonds. The van der Waals surface area contributed by atoms with Crippen LogP contribution in [0.1, 0.15) is 12.6 Å². The Bertz CT molecular complexity index is 638. The summed E-state index contributed by atoms with van der Waals surface area (Å²) in [7, 11) is -3.46. The van der Waals surface area contributed by atoms with Crippen molar-refractivity contribution < 1.29 is 8.42 Å². The van der Waals surface area contributed by atoms with Gasteiger partial charge in [-0.1, -0.05) is 19.1 Å². The number of sulfonamides is 1. The summed E-state index contributed by atoms with van der Waals surface area (Å²) in [6.45, 7) is 2.75. The van der Waals surface area contributed by atoms with E-state index < -0.39 is 10.0 Å². The Morgan fingerprint density at radius 3 is 2.80 bits per heavy atom. The van der Waals surface area contributed by atoms with Gasteiger partial charge in [0.15, 0.2) is 0 Å². The van der Waals surface area contributed by atoms with Gasteiger partial charge in [0.05, 0.1) is 12.0 Å². The van der Waals surface area contributed by atoms with E-state index in [1.807, 2.05) is 6.07 Å². The number of rotatable bonds is 7. The molecule has 2 aromatic rings. The van der Waals surface area contributed by atoms with Crippen LogP contribution in [0.25, 0.3) is 0 Å². The molecule has 0 unspecified atom stereocenters. The number of hydrogen-bond donors (Lipinski definition) is 3. The molecule has 1 aromatic heterocycles. The Morgan fingerprint density at radius 1 is 1.30 bits per heavy atom. The normalized spacial score (nSPS) is 11.4. The van der Waals surface area contributed by atoms with E-state index in [-0.39, 0.29) is 4.90 Å². The van der Waals surface area contributed by atoms with Crippen molar-refractivity contribution in [3.8, 4) is 0 Å². The zero-order valence-corrected chi connectivity index (χ0v) is 12.1. The molecule has 0 saturated carbocycles. The maximum atomic E-state index is 12.1. The number of H-pyrrole nitrogens is 1. The largest absolute Gasteiger partial charge is 0.384 e. The number of aromatic nitrogens is 2. The summed E-state index contributed by atoms with van der Waals surface area (Å²) < 4.78 is 26.7. The van der Waals surface area contributed by atoms with Gasteiger partial charge in [-0.2, -0.15) is 0 Å². The zero-order valence-electron chi connectivity index (χ0n) is 11.3. The van der Waals surface area contributed by atoms with E-state index in [0.717, 1.165) is 12.1 Å². The molecule has 0 aliphatic heterocycles. The SMILES string of the molecule is CCNS(=O)(=O)c1ccccc1NCCc1cnc[nH]1. The third kappa shape index (κ3) is 3.58. The number of imidazole rings is 1. The lowest BCUT2D eigenvalue weighted by atomic mass is 10.3. The molecule has 0 spiro atoms. The van der Waals surface area contributed by atoms with Gasteiger partial charge in [-0.3, -0.25) is 0 Å². The van der Waals surface area contributed by atoms with E-state index in [0.29, 0.717) is 18.8 Å². The first kappa shape index (κ1) is 14.5. The predicted octanol–water partition coefficient (Wildman–Crippen LogP) is 1.36. The Kier molecular flexibility index (Phi) is 4.75. The number of aromatic amines is 1. The summed E-state index contributed by atoms with van der Waals surface area (Å²) in [6.07, 6.45) is 4.12. The maximum absolute atomic E-state index is 12.1. The molecule has 20 heavy (non-hydrogen) atoms. The van der Waals surface area contributed by atoms with Crippen molar-refractivity contribution in [1.82, 2.24) is 14.7 Å². The predicted molar refractivity (Wildman–Crippen MR) is 78.1 cm³/mol. The minimum atomic E-state index is -3.46. The Morgan fingerprint density at radius 2 is 2.10 bits per heavy atom. The van der Waals surface area contributed by atoms with Gasteiger partial charge in [-0.15, -0.1) is 0 Å². The zero-order chi connectivity index (χ0) is 14.4. The molecule has 108 valence electrons. The molecule has 0 radical (unpaired) electrons. The summed E-state index contributed by atoms with van der Waals surface area (Å²) in [5.74, 6) is 0. The van der Waals surface area contributed by atoms with Crippen LogP contribution in [0.3, 0.4) is 0 Å². The molecular formula is C13H18N4O2S. The van der Waals surface area contributed by atoms with E-state index >= 15 is 0 Å². The van der Waals surface area contributed by atoms with Crippen LogP contribution < -0.4 is 10.0 Å². The highest BCUT2D eigenvalue weighted by molar-refractivity contribution is 7.89. The van der Waals surface area contributed by atoms with E-state index in [2.05, 4.69) is 20.0 Å². The number of nitrogens with one attached hydrogen (secondary N) is 3. The smallest absolute Gasteiger partial charge is 0.242 e. The van der Waals surface area contributed by atoms with Crippen molar-refractivity contribution >= 4 is 15.7 Å². The number of hydrogen-bond acceptors (Lipinski definition) is 4. The van der Waals surface area contributed by atoms with Crippen molar-refractivity contribution in [3.63, 3.8) is 0 Å². The molecule has 0 atom stereocenters. The number of anilines is 1. The molecule has 0 aliphatic carbocycles. The lowest BCUT2D eigenvalue weighted by molar-refractivity contribution is 0.584. The van der Waals surface area contributed by atoms with Crippen molar-refractivity contribution in [2.45, 2.75) is 18.2 Å². The molecule has 3 N–H and O–H groups in total. The minimum absolute atomic E-state index is 0.270. The highest BCUT2D eigenvalue weighted by atomic mass is 32.2.